The van der Waals surface area contributed by atoms with Gasteiger partial charge in [0.05, 0.1) is 18.2 Å². The number of rotatable bonds is 6. The molecule has 0 aliphatic carbocycles. The van der Waals surface area contributed by atoms with Crippen molar-refractivity contribution < 1.29 is 14.3 Å². The summed E-state index contributed by atoms with van der Waals surface area (Å²) in [6.07, 6.45) is 1.72. The van der Waals surface area contributed by atoms with Gasteiger partial charge in [0.25, 0.3) is 11.1 Å². The van der Waals surface area contributed by atoms with E-state index in [1.165, 1.54) is 4.90 Å². The number of ether oxygens (including phenoxy) is 1. The van der Waals surface area contributed by atoms with Crippen LogP contribution in [0.4, 0.5) is 10.5 Å². The van der Waals surface area contributed by atoms with E-state index in [4.69, 9.17) is 4.74 Å². The van der Waals surface area contributed by atoms with Gasteiger partial charge in [0.1, 0.15) is 5.75 Å². The third-order valence-electron chi connectivity index (χ3n) is 3.66. The maximum Gasteiger partial charge on any atom is 0.295 e. The van der Waals surface area contributed by atoms with Crippen LogP contribution < -0.4 is 10.1 Å². The third kappa shape index (κ3) is 4.28. The molecule has 1 heterocycles. The molecule has 0 saturated carbocycles. The molecular weight excluding hydrogens is 416 g/mol. The van der Waals surface area contributed by atoms with Crippen LogP contribution in [-0.4, -0.2) is 29.3 Å². The Hall–Kier alpha value is -2.25. The second-order valence-corrected chi connectivity index (χ2v) is 7.27. The molecular formula is C19H17BrN2O3S. The SMILES string of the molecule is CCOc1ccc(C=C2SC(=O)N(CNc3ccccc3Br)C2=O)cc1. The molecule has 0 aromatic heterocycles. The largest absolute Gasteiger partial charge is 0.494 e. The van der Waals surface area contributed by atoms with Crippen molar-refractivity contribution >= 4 is 50.6 Å². The number of imide groups is 1. The summed E-state index contributed by atoms with van der Waals surface area (Å²) in [6.45, 7) is 2.64. The van der Waals surface area contributed by atoms with E-state index in [1.54, 1.807) is 6.08 Å². The molecule has 0 radical (unpaired) electrons. The predicted octanol–water partition coefficient (Wildman–Crippen LogP) is 4.95. The van der Waals surface area contributed by atoms with E-state index in [2.05, 4.69) is 21.2 Å². The Morgan fingerprint density at radius 1 is 1.15 bits per heavy atom. The highest BCUT2D eigenvalue weighted by Crippen LogP contribution is 2.32. The zero-order valence-corrected chi connectivity index (χ0v) is 16.5. The van der Waals surface area contributed by atoms with Crippen LogP contribution in [0, 0.1) is 0 Å². The molecule has 0 unspecified atom stereocenters. The molecule has 2 aromatic carbocycles. The summed E-state index contributed by atoms with van der Waals surface area (Å²) < 4.78 is 6.27. The fourth-order valence-electron chi connectivity index (χ4n) is 2.38. The first-order valence-electron chi connectivity index (χ1n) is 8.05. The van der Waals surface area contributed by atoms with E-state index < -0.39 is 0 Å². The topological polar surface area (TPSA) is 58.6 Å². The Labute approximate surface area is 164 Å². The van der Waals surface area contributed by atoms with Gasteiger partial charge in [-0.25, -0.2) is 0 Å². The number of thioether (sulfide) groups is 1. The molecule has 3 rings (SSSR count). The third-order valence-corrected chi connectivity index (χ3v) is 5.26. The highest BCUT2D eigenvalue weighted by molar-refractivity contribution is 9.10. The molecule has 134 valence electrons. The second-order valence-electron chi connectivity index (χ2n) is 5.43. The fourth-order valence-corrected chi connectivity index (χ4v) is 3.65. The van der Waals surface area contributed by atoms with Crippen LogP contribution in [0.25, 0.3) is 6.08 Å². The van der Waals surface area contributed by atoms with Crippen molar-refractivity contribution in [2.45, 2.75) is 6.92 Å². The van der Waals surface area contributed by atoms with Crippen LogP contribution in [0.1, 0.15) is 12.5 Å². The van der Waals surface area contributed by atoms with Gasteiger partial charge in [0, 0.05) is 10.2 Å². The van der Waals surface area contributed by atoms with E-state index >= 15 is 0 Å². The maximum atomic E-state index is 12.5. The summed E-state index contributed by atoms with van der Waals surface area (Å²) in [5.41, 5.74) is 1.67. The van der Waals surface area contributed by atoms with E-state index in [0.717, 1.165) is 33.2 Å². The Kier molecular flexibility index (Phi) is 6.00. The number of anilines is 1. The average molecular weight is 433 g/mol. The van der Waals surface area contributed by atoms with Crippen molar-refractivity contribution in [3.63, 3.8) is 0 Å². The van der Waals surface area contributed by atoms with Gasteiger partial charge < -0.3 is 10.1 Å². The lowest BCUT2D eigenvalue weighted by Gasteiger charge is -2.15. The van der Waals surface area contributed by atoms with Crippen molar-refractivity contribution in [3.8, 4) is 5.75 Å². The molecule has 2 aromatic rings. The van der Waals surface area contributed by atoms with Crippen LogP contribution in [0.3, 0.4) is 0 Å². The molecule has 1 saturated heterocycles. The number of hydrogen-bond donors (Lipinski definition) is 1. The van der Waals surface area contributed by atoms with Crippen LogP contribution in [0.2, 0.25) is 0 Å². The summed E-state index contributed by atoms with van der Waals surface area (Å²) in [6, 6.07) is 14.9. The number of amides is 2. The summed E-state index contributed by atoms with van der Waals surface area (Å²) >= 11 is 4.38. The number of para-hydroxylation sites is 1. The lowest BCUT2D eigenvalue weighted by Crippen LogP contribution is -2.33. The van der Waals surface area contributed by atoms with Gasteiger partial charge in [-0.3, -0.25) is 14.5 Å². The molecule has 0 atom stereocenters. The van der Waals surface area contributed by atoms with E-state index in [-0.39, 0.29) is 17.8 Å². The number of halogens is 1. The normalized spacial score (nSPS) is 15.6. The zero-order valence-electron chi connectivity index (χ0n) is 14.1. The monoisotopic (exact) mass is 432 g/mol. The van der Waals surface area contributed by atoms with Gasteiger partial charge in [-0.05, 0) is 70.5 Å². The molecule has 1 aliphatic heterocycles. The average Bonchev–Trinajstić information content (AvgIpc) is 2.90. The number of nitrogens with one attached hydrogen (secondary N) is 1. The summed E-state index contributed by atoms with van der Waals surface area (Å²) in [7, 11) is 0. The number of benzene rings is 2. The van der Waals surface area contributed by atoms with E-state index in [1.807, 2.05) is 55.5 Å². The molecule has 2 amide bonds. The van der Waals surface area contributed by atoms with E-state index in [9.17, 15) is 9.59 Å². The van der Waals surface area contributed by atoms with Crippen LogP contribution in [0.15, 0.2) is 57.9 Å². The standard InChI is InChI=1S/C19H17BrN2O3S/c1-2-25-14-9-7-13(8-10-14)11-17-18(23)22(19(24)26-17)12-21-16-6-4-3-5-15(16)20/h3-11,21H,2,12H2,1H3. The summed E-state index contributed by atoms with van der Waals surface area (Å²) in [4.78, 5) is 26.3. The first-order chi connectivity index (χ1) is 12.6. The Morgan fingerprint density at radius 2 is 1.88 bits per heavy atom. The lowest BCUT2D eigenvalue weighted by atomic mass is 10.2. The molecule has 1 N–H and O–H groups in total. The molecule has 7 heteroatoms. The molecule has 5 nitrogen and oxygen atoms in total. The zero-order chi connectivity index (χ0) is 18.5. The number of carbonyl (C=O) groups is 2. The van der Waals surface area contributed by atoms with Crippen molar-refractivity contribution in [2.24, 2.45) is 0 Å². The molecule has 1 fully saturated rings. The smallest absolute Gasteiger partial charge is 0.295 e. The molecule has 0 spiro atoms. The van der Waals surface area contributed by atoms with Crippen LogP contribution in [-0.2, 0) is 4.79 Å². The van der Waals surface area contributed by atoms with Crippen molar-refractivity contribution in [1.82, 2.24) is 4.90 Å². The van der Waals surface area contributed by atoms with Gasteiger partial charge in [-0.1, -0.05) is 24.3 Å². The summed E-state index contributed by atoms with van der Waals surface area (Å²) in [5, 5.41) is 2.82. The maximum absolute atomic E-state index is 12.5. The molecule has 1 aliphatic rings. The fraction of sp³-hybridized carbons (Fsp3) is 0.158. The predicted molar refractivity (Wildman–Crippen MR) is 108 cm³/mol. The van der Waals surface area contributed by atoms with Crippen molar-refractivity contribution in [2.75, 3.05) is 18.6 Å². The van der Waals surface area contributed by atoms with Gasteiger partial charge in [0.15, 0.2) is 0 Å². The number of hydrogen-bond acceptors (Lipinski definition) is 5. The highest BCUT2D eigenvalue weighted by atomic mass is 79.9. The van der Waals surface area contributed by atoms with Gasteiger partial charge in [-0.2, -0.15) is 0 Å². The minimum Gasteiger partial charge on any atom is -0.494 e. The number of nitrogens with zero attached hydrogens (tertiary/aromatic N) is 1. The number of carbonyl (C=O) groups excluding carboxylic acids is 2. The van der Waals surface area contributed by atoms with E-state index in [0.29, 0.717) is 11.5 Å². The summed E-state index contributed by atoms with van der Waals surface area (Å²) in [5.74, 6) is 0.476. The molecule has 26 heavy (non-hydrogen) atoms. The quantitative estimate of drug-likeness (QED) is 0.653. The van der Waals surface area contributed by atoms with Crippen LogP contribution >= 0.6 is 27.7 Å². The van der Waals surface area contributed by atoms with Crippen molar-refractivity contribution in [3.05, 3.63) is 63.5 Å². The highest BCUT2D eigenvalue weighted by Gasteiger charge is 2.34. The Morgan fingerprint density at radius 3 is 2.58 bits per heavy atom. The van der Waals surface area contributed by atoms with Gasteiger partial charge >= 0.3 is 0 Å². The lowest BCUT2D eigenvalue weighted by molar-refractivity contribution is -0.122. The van der Waals surface area contributed by atoms with Gasteiger partial charge in [0.2, 0.25) is 0 Å². The minimum atomic E-state index is -0.298. The first-order valence-corrected chi connectivity index (χ1v) is 9.66. The van der Waals surface area contributed by atoms with Gasteiger partial charge in [-0.15, -0.1) is 0 Å². The first kappa shape index (κ1) is 18.5. The Balaban J connectivity index is 1.69. The minimum absolute atomic E-state index is 0.119. The Bertz CT molecular complexity index is 852. The van der Waals surface area contributed by atoms with Crippen molar-refractivity contribution in [1.29, 1.82) is 0 Å². The molecule has 0 bridgehead atoms. The van der Waals surface area contributed by atoms with Crippen LogP contribution in [0.5, 0.6) is 5.75 Å². The second kappa shape index (κ2) is 8.42.